The minimum Gasteiger partial charge on any atom is -0.496 e. The Morgan fingerprint density at radius 2 is 2.07 bits per heavy atom. The van der Waals surface area contributed by atoms with E-state index in [-0.39, 0.29) is 5.82 Å². The van der Waals surface area contributed by atoms with Crippen molar-refractivity contribution in [2.24, 2.45) is 5.73 Å². The van der Waals surface area contributed by atoms with Crippen LogP contribution in [0.4, 0.5) is 4.39 Å². The third-order valence-electron chi connectivity index (χ3n) is 3.33. The zero-order chi connectivity index (χ0) is 11.1. The number of halogens is 1. The van der Waals surface area contributed by atoms with E-state index in [1.807, 2.05) is 6.92 Å². The van der Waals surface area contributed by atoms with Gasteiger partial charge >= 0.3 is 0 Å². The zero-order valence-corrected chi connectivity index (χ0v) is 9.14. The Morgan fingerprint density at radius 1 is 1.40 bits per heavy atom. The second kappa shape index (κ2) is 3.49. The molecule has 1 saturated carbocycles. The van der Waals surface area contributed by atoms with Crippen LogP contribution in [0.1, 0.15) is 30.4 Å². The van der Waals surface area contributed by atoms with Gasteiger partial charge in [-0.3, -0.25) is 0 Å². The van der Waals surface area contributed by atoms with Gasteiger partial charge in [-0.15, -0.1) is 0 Å². The Labute approximate surface area is 89.2 Å². The van der Waals surface area contributed by atoms with Gasteiger partial charge in [0.1, 0.15) is 11.6 Å². The predicted octanol–water partition coefficient (Wildman–Crippen LogP) is 2.48. The van der Waals surface area contributed by atoms with Crippen molar-refractivity contribution in [3.63, 3.8) is 0 Å². The fourth-order valence-corrected chi connectivity index (χ4v) is 2.30. The van der Waals surface area contributed by atoms with Crippen LogP contribution in [0.25, 0.3) is 0 Å². The predicted molar refractivity (Wildman–Crippen MR) is 57.4 cm³/mol. The smallest absolute Gasteiger partial charge is 0.128 e. The Hall–Kier alpha value is -1.09. The quantitative estimate of drug-likeness (QED) is 0.812. The summed E-state index contributed by atoms with van der Waals surface area (Å²) in [6.45, 7) is 1.87. The van der Waals surface area contributed by atoms with Crippen LogP contribution in [0.15, 0.2) is 12.1 Å². The normalized spacial score (nSPS) is 18.4. The SMILES string of the molecule is COc1ccc(F)c(C2(N)CCC2)c1C. The summed E-state index contributed by atoms with van der Waals surface area (Å²) in [5.74, 6) is 0.499. The largest absolute Gasteiger partial charge is 0.496 e. The van der Waals surface area contributed by atoms with Gasteiger partial charge in [0.05, 0.1) is 7.11 Å². The lowest BCUT2D eigenvalue weighted by molar-refractivity contribution is 0.242. The number of ether oxygens (including phenoxy) is 1. The van der Waals surface area contributed by atoms with E-state index in [1.165, 1.54) is 6.07 Å². The second-order valence-electron chi connectivity index (χ2n) is 4.26. The molecule has 0 bridgehead atoms. The maximum Gasteiger partial charge on any atom is 0.128 e. The molecule has 1 aromatic carbocycles. The fraction of sp³-hybridized carbons (Fsp3) is 0.500. The van der Waals surface area contributed by atoms with Crippen molar-refractivity contribution in [2.45, 2.75) is 31.7 Å². The third kappa shape index (κ3) is 1.51. The Morgan fingerprint density at radius 3 is 2.53 bits per heavy atom. The number of hydrogen-bond donors (Lipinski definition) is 1. The van der Waals surface area contributed by atoms with Crippen LogP contribution in [0.2, 0.25) is 0 Å². The van der Waals surface area contributed by atoms with Gasteiger partial charge in [0.25, 0.3) is 0 Å². The number of rotatable bonds is 2. The molecule has 0 aromatic heterocycles. The molecule has 82 valence electrons. The summed E-state index contributed by atoms with van der Waals surface area (Å²) in [6, 6.07) is 3.09. The van der Waals surface area contributed by atoms with Crippen molar-refractivity contribution >= 4 is 0 Å². The van der Waals surface area contributed by atoms with E-state index in [1.54, 1.807) is 13.2 Å². The molecule has 2 nitrogen and oxygen atoms in total. The van der Waals surface area contributed by atoms with Crippen molar-refractivity contribution in [2.75, 3.05) is 7.11 Å². The minimum absolute atomic E-state index is 0.212. The summed E-state index contributed by atoms with van der Waals surface area (Å²) >= 11 is 0. The van der Waals surface area contributed by atoms with E-state index in [0.29, 0.717) is 11.3 Å². The summed E-state index contributed by atoms with van der Waals surface area (Å²) in [5, 5.41) is 0. The van der Waals surface area contributed by atoms with Crippen LogP contribution < -0.4 is 10.5 Å². The van der Waals surface area contributed by atoms with E-state index < -0.39 is 5.54 Å². The monoisotopic (exact) mass is 209 g/mol. The first kappa shape index (κ1) is 10.4. The number of methoxy groups -OCH3 is 1. The number of nitrogens with two attached hydrogens (primary N) is 1. The van der Waals surface area contributed by atoms with Crippen LogP contribution in [0, 0.1) is 12.7 Å². The van der Waals surface area contributed by atoms with Gasteiger partial charge in [-0.05, 0) is 43.9 Å². The molecule has 2 rings (SSSR count). The van der Waals surface area contributed by atoms with E-state index in [9.17, 15) is 4.39 Å². The van der Waals surface area contributed by atoms with Gasteiger partial charge in [0.2, 0.25) is 0 Å². The molecule has 1 aliphatic carbocycles. The molecular formula is C12H16FNO. The van der Waals surface area contributed by atoms with Crippen molar-refractivity contribution in [1.29, 1.82) is 0 Å². The van der Waals surface area contributed by atoms with Crippen LogP contribution in [-0.4, -0.2) is 7.11 Å². The van der Waals surface area contributed by atoms with Crippen molar-refractivity contribution in [3.05, 3.63) is 29.1 Å². The maximum atomic E-state index is 13.7. The topological polar surface area (TPSA) is 35.2 Å². The summed E-state index contributed by atoms with van der Waals surface area (Å²) in [5.41, 5.74) is 7.15. The summed E-state index contributed by atoms with van der Waals surface area (Å²) < 4.78 is 18.9. The molecule has 0 heterocycles. The highest BCUT2D eigenvalue weighted by molar-refractivity contribution is 5.44. The minimum atomic E-state index is -0.470. The number of hydrogen-bond acceptors (Lipinski definition) is 2. The Bertz CT molecular complexity index is 385. The van der Waals surface area contributed by atoms with Crippen molar-refractivity contribution in [1.82, 2.24) is 0 Å². The molecule has 0 radical (unpaired) electrons. The molecule has 0 atom stereocenters. The highest BCUT2D eigenvalue weighted by atomic mass is 19.1. The molecule has 0 unspecified atom stereocenters. The Balaban J connectivity index is 2.53. The standard InChI is InChI=1S/C12H16FNO/c1-8-10(15-2)5-4-9(13)11(8)12(14)6-3-7-12/h4-5H,3,6-7,14H2,1-2H3. The lowest BCUT2D eigenvalue weighted by Gasteiger charge is -2.40. The number of benzene rings is 1. The van der Waals surface area contributed by atoms with E-state index in [2.05, 4.69) is 0 Å². The molecule has 0 spiro atoms. The van der Waals surface area contributed by atoms with E-state index >= 15 is 0 Å². The zero-order valence-electron chi connectivity index (χ0n) is 9.14. The summed E-state index contributed by atoms with van der Waals surface area (Å²) in [4.78, 5) is 0. The molecule has 0 aliphatic heterocycles. The van der Waals surface area contributed by atoms with Gasteiger partial charge in [-0.25, -0.2) is 4.39 Å². The fourth-order valence-electron chi connectivity index (χ4n) is 2.30. The van der Waals surface area contributed by atoms with Crippen molar-refractivity contribution in [3.8, 4) is 5.75 Å². The van der Waals surface area contributed by atoms with Crippen LogP contribution in [-0.2, 0) is 5.54 Å². The van der Waals surface area contributed by atoms with Gasteiger partial charge in [-0.2, -0.15) is 0 Å². The Kier molecular flexibility index (Phi) is 2.43. The van der Waals surface area contributed by atoms with Crippen LogP contribution in [0.3, 0.4) is 0 Å². The van der Waals surface area contributed by atoms with Crippen molar-refractivity contribution < 1.29 is 9.13 Å². The summed E-state index contributed by atoms with van der Waals surface area (Å²) in [7, 11) is 1.59. The first-order valence-electron chi connectivity index (χ1n) is 5.21. The maximum absolute atomic E-state index is 13.7. The second-order valence-corrected chi connectivity index (χ2v) is 4.26. The molecular weight excluding hydrogens is 193 g/mol. The average Bonchev–Trinajstić information content (AvgIpc) is 2.15. The third-order valence-corrected chi connectivity index (χ3v) is 3.33. The van der Waals surface area contributed by atoms with Crippen LogP contribution >= 0.6 is 0 Å². The highest BCUT2D eigenvalue weighted by Gasteiger charge is 2.38. The highest BCUT2D eigenvalue weighted by Crippen LogP contribution is 2.43. The molecule has 1 aliphatic rings. The van der Waals surface area contributed by atoms with Gasteiger partial charge in [-0.1, -0.05) is 0 Å². The van der Waals surface area contributed by atoms with E-state index in [0.717, 1.165) is 24.8 Å². The van der Waals surface area contributed by atoms with Gasteiger partial charge < -0.3 is 10.5 Å². The molecule has 15 heavy (non-hydrogen) atoms. The molecule has 3 heteroatoms. The first-order chi connectivity index (χ1) is 7.08. The first-order valence-corrected chi connectivity index (χ1v) is 5.21. The molecule has 1 aromatic rings. The molecule has 1 fully saturated rings. The van der Waals surface area contributed by atoms with E-state index in [4.69, 9.17) is 10.5 Å². The van der Waals surface area contributed by atoms with Gasteiger partial charge in [0, 0.05) is 11.1 Å². The van der Waals surface area contributed by atoms with Crippen LogP contribution in [0.5, 0.6) is 5.75 Å². The lowest BCUT2D eigenvalue weighted by atomic mass is 9.71. The molecule has 2 N–H and O–H groups in total. The lowest BCUT2D eigenvalue weighted by Crippen LogP contribution is -2.44. The average molecular weight is 209 g/mol. The molecule has 0 saturated heterocycles. The van der Waals surface area contributed by atoms with Gasteiger partial charge in [0.15, 0.2) is 0 Å². The summed E-state index contributed by atoms with van der Waals surface area (Å²) in [6.07, 6.45) is 2.79. The molecule has 0 amide bonds.